The first-order chi connectivity index (χ1) is 38.5. The van der Waals surface area contributed by atoms with Crippen molar-refractivity contribution >= 4 is 11.9 Å². The van der Waals surface area contributed by atoms with Crippen molar-refractivity contribution < 1.29 is 24.5 Å². The second kappa shape index (κ2) is 67.8. The molecule has 0 aromatic rings. The molecule has 2 atom stereocenters. The predicted molar refractivity (Wildman–Crippen MR) is 343 cm³/mol. The lowest BCUT2D eigenvalue weighted by molar-refractivity contribution is -0.143. The Balaban J connectivity index is 3.37. The summed E-state index contributed by atoms with van der Waals surface area (Å²) in [5.41, 5.74) is 0. The summed E-state index contributed by atoms with van der Waals surface area (Å²) >= 11 is 0. The number of aliphatic hydroxyl groups excluding tert-OH is 2. The highest BCUT2D eigenvalue weighted by molar-refractivity contribution is 5.76. The third-order valence-corrected chi connectivity index (χ3v) is 16.8. The van der Waals surface area contributed by atoms with E-state index in [0.29, 0.717) is 25.9 Å². The van der Waals surface area contributed by atoms with Crippen LogP contribution in [0.1, 0.15) is 399 Å². The van der Waals surface area contributed by atoms with Crippen LogP contribution < -0.4 is 5.32 Å². The zero-order valence-electron chi connectivity index (χ0n) is 52.9. The number of carbonyl (C=O) groups is 2. The molecule has 0 aliphatic carbocycles. The fraction of sp³-hybridized carbons (Fsp3) is 0.917. The number of aliphatic hydroxyl groups is 2. The van der Waals surface area contributed by atoms with Crippen LogP contribution in [0.15, 0.2) is 24.3 Å². The average Bonchev–Trinajstić information content (AvgIpc) is 3.44. The van der Waals surface area contributed by atoms with E-state index in [2.05, 4.69) is 43.5 Å². The van der Waals surface area contributed by atoms with E-state index in [-0.39, 0.29) is 18.5 Å². The molecule has 6 heteroatoms. The Kier molecular flexibility index (Phi) is 66.4. The van der Waals surface area contributed by atoms with Gasteiger partial charge in [0, 0.05) is 12.8 Å². The van der Waals surface area contributed by atoms with Crippen molar-refractivity contribution in [3.05, 3.63) is 24.3 Å². The maximum absolute atomic E-state index is 12.5. The molecule has 0 heterocycles. The molecule has 78 heavy (non-hydrogen) atoms. The molecular formula is C72H139NO5. The van der Waals surface area contributed by atoms with E-state index >= 15 is 0 Å². The Bertz CT molecular complexity index is 1220. The summed E-state index contributed by atoms with van der Waals surface area (Å²) in [4.78, 5) is 24.6. The van der Waals surface area contributed by atoms with E-state index in [1.165, 1.54) is 315 Å². The van der Waals surface area contributed by atoms with Crippen molar-refractivity contribution in [3.63, 3.8) is 0 Å². The van der Waals surface area contributed by atoms with Gasteiger partial charge in [-0.2, -0.15) is 0 Å². The Morgan fingerprint density at radius 3 is 1.00 bits per heavy atom. The minimum Gasteiger partial charge on any atom is -0.466 e. The summed E-state index contributed by atoms with van der Waals surface area (Å²) in [6, 6.07) is -0.542. The van der Waals surface area contributed by atoms with Crippen LogP contribution in [0.5, 0.6) is 0 Å². The number of amides is 1. The van der Waals surface area contributed by atoms with E-state index in [1.54, 1.807) is 0 Å². The summed E-state index contributed by atoms with van der Waals surface area (Å²) in [7, 11) is 0. The highest BCUT2D eigenvalue weighted by atomic mass is 16.5. The second-order valence-electron chi connectivity index (χ2n) is 24.6. The highest BCUT2D eigenvalue weighted by Crippen LogP contribution is 2.19. The molecule has 3 N–H and O–H groups in total. The average molecular weight is 1100 g/mol. The molecule has 0 bridgehead atoms. The lowest BCUT2D eigenvalue weighted by Crippen LogP contribution is -2.45. The van der Waals surface area contributed by atoms with Crippen LogP contribution in [0.2, 0.25) is 0 Å². The quantitative estimate of drug-likeness (QED) is 0.0320. The van der Waals surface area contributed by atoms with Crippen molar-refractivity contribution in [2.24, 2.45) is 0 Å². The second-order valence-corrected chi connectivity index (χ2v) is 24.6. The number of unbranched alkanes of at least 4 members (excludes halogenated alkanes) is 52. The van der Waals surface area contributed by atoms with Gasteiger partial charge in [-0.05, 0) is 57.8 Å². The minimum absolute atomic E-state index is 0.00765. The van der Waals surface area contributed by atoms with Crippen LogP contribution >= 0.6 is 0 Å². The van der Waals surface area contributed by atoms with E-state index in [4.69, 9.17) is 4.74 Å². The molecule has 0 aromatic carbocycles. The first-order valence-corrected chi connectivity index (χ1v) is 35.6. The first kappa shape index (κ1) is 76.3. The molecule has 2 unspecified atom stereocenters. The molecule has 0 fully saturated rings. The number of nitrogens with one attached hydrogen (secondary N) is 1. The molecule has 0 radical (unpaired) electrons. The molecule has 6 nitrogen and oxygen atoms in total. The monoisotopic (exact) mass is 1100 g/mol. The lowest BCUT2D eigenvalue weighted by Gasteiger charge is -2.22. The van der Waals surface area contributed by atoms with Gasteiger partial charge in [-0.3, -0.25) is 9.59 Å². The van der Waals surface area contributed by atoms with Crippen molar-refractivity contribution in [2.75, 3.05) is 13.2 Å². The molecule has 0 aliphatic rings. The van der Waals surface area contributed by atoms with Gasteiger partial charge in [-0.25, -0.2) is 0 Å². The summed E-state index contributed by atoms with van der Waals surface area (Å²) < 4.78 is 5.50. The van der Waals surface area contributed by atoms with Crippen LogP contribution in [0, 0.1) is 0 Å². The maximum atomic E-state index is 12.5. The van der Waals surface area contributed by atoms with Crippen LogP contribution in [0.3, 0.4) is 0 Å². The molecule has 0 spiro atoms. The molecular weight excluding hydrogens is 959 g/mol. The van der Waals surface area contributed by atoms with Crippen LogP contribution in [0.4, 0.5) is 0 Å². The van der Waals surface area contributed by atoms with Gasteiger partial charge in [0.2, 0.25) is 5.91 Å². The predicted octanol–water partition coefficient (Wildman–Crippen LogP) is 22.9. The largest absolute Gasteiger partial charge is 0.466 e. The van der Waals surface area contributed by atoms with Gasteiger partial charge in [-0.15, -0.1) is 0 Å². The number of rotatable bonds is 67. The molecule has 0 rings (SSSR count). The Morgan fingerprint density at radius 2 is 0.641 bits per heavy atom. The molecule has 0 saturated heterocycles. The Labute approximate surface area is 488 Å². The summed E-state index contributed by atoms with van der Waals surface area (Å²) in [5, 5.41) is 23.4. The van der Waals surface area contributed by atoms with Gasteiger partial charge >= 0.3 is 5.97 Å². The van der Waals surface area contributed by atoms with Crippen molar-refractivity contribution in [3.8, 4) is 0 Å². The topological polar surface area (TPSA) is 95.9 Å². The van der Waals surface area contributed by atoms with E-state index in [0.717, 1.165) is 51.4 Å². The zero-order valence-corrected chi connectivity index (χ0v) is 52.9. The van der Waals surface area contributed by atoms with Crippen LogP contribution in [-0.4, -0.2) is 47.4 Å². The van der Waals surface area contributed by atoms with E-state index < -0.39 is 12.1 Å². The van der Waals surface area contributed by atoms with Crippen molar-refractivity contribution in [2.45, 2.75) is 411 Å². The Morgan fingerprint density at radius 1 is 0.359 bits per heavy atom. The molecule has 1 amide bonds. The van der Waals surface area contributed by atoms with Gasteiger partial charge in [0.05, 0.1) is 25.4 Å². The van der Waals surface area contributed by atoms with Gasteiger partial charge < -0.3 is 20.3 Å². The highest BCUT2D eigenvalue weighted by Gasteiger charge is 2.20. The Hall–Kier alpha value is -1.66. The normalized spacial score (nSPS) is 12.6. The van der Waals surface area contributed by atoms with Crippen molar-refractivity contribution in [1.29, 1.82) is 0 Å². The molecule has 462 valence electrons. The van der Waals surface area contributed by atoms with Crippen LogP contribution in [-0.2, 0) is 14.3 Å². The number of esters is 1. The third kappa shape index (κ3) is 63.5. The van der Waals surface area contributed by atoms with Gasteiger partial charge in [0.15, 0.2) is 0 Å². The summed E-state index contributed by atoms with van der Waals surface area (Å²) in [6.07, 6.45) is 85.0. The number of hydrogen-bond acceptors (Lipinski definition) is 5. The number of ether oxygens (including phenoxy) is 1. The van der Waals surface area contributed by atoms with Crippen molar-refractivity contribution in [1.82, 2.24) is 5.32 Å². The SMILES string of the molecule is CCCCC/C=C\C/C=C\CCCCCCCCCC(=O)OCCCCCCCCCCCCCCCCCCCCCCCCCC(=O)NC(CO)C(O)CCCCCCCCCCCCCCCCCCCCCCC. The summed E-state index contributed by atoms with van der Waals surface area (Å²) in [5.74, 6) is -0.0224. The number of allylic oxidation sites excluding steroid dienone is 4. The van der Waals surface area contributed by atoms with E-state index in [9.17, 15) is 19.8 Å². The van der Waals surface area contributed by atoms with Gasteiger partial charge in [0.25, 0.3) is 0 Å². The molecule has 0 aromatic heterocycles. The smallest absolute Gasteiger partial charge is 0.305 e. The molecule has 0 saturated carbocycles. The van der Waals surface area contributed by atoms with Gasteiger partial charge in [-0.1, -0.05) is 353 Å². The standard InChI is InChI=1S/C72H139NO5/c1-3-5-7-9-11-13-15-17-19-21-22-26-29-33-36-40-44-48-52-56-60-64-70(75)69(68-74)73-71(76)65-61-57-53-49-45-41-37-34-30-27-24-23-25-28-31-35-39-43-47-51-55-59-63-67-78-72(77)66-62-58-54-50-46-42-38-32-20-18-16-14-12-10-8-6-4-2/h12,14,18,20,69-70,74-75H,3-11,13,15-17,19,21-68H2,1-2H3,(H,73,76)/b14-12-,20-18-. The fourth-order valence-electron chi connectivity index (χ4n) is 11.3. The first-order valence-electron chi connectivity index (χ1n) is 35.6. The number of carbonyl (C=O) groups excluding carboxylic acids is 2. The fourth-order valence-corrected chi connectivity index (χ4v) is 11.3. The molecule has 0 aliphatic heterocycles. The van der Waals surface area contributed by atoms with Gasteiger partial charge in [0.1, 0.15) is 0 Å². The zero-order chi connectivity index (χ0) is 56.4. The minimum atomic E-state index is -0.665. The third-order valence-electron chi connectivity index (χ3n) is 16.8. The van der Waals surface area contributed by atoms with E-state index in [1.807, 2.05) is 0 Å². The maximum Gasteiger partial charge on any atom is 0.305 e. The lowest BCUT2D eigenvalue weighted by atomic mass is 10.0. The van der Waals surface area contributed by atoms with Crippen LogP contribution in [0.25, 0.3) is 0 Å². The summed E-state index contributed by atoms with van der Waals surface area (Å²) in [6.45, 7) is 4.96. The number of hydrogen-bond donors (Lipinski definition) is 3.